The highest BCUT2D eigenvalue weighted by Crippen LogP contribution is 2.22. The Hall–Kier alpha value is -3.52. The lowest BCUT2D eigenvalue weighted by molar-refractivity contribution is 0.102. The van der Waals surface area contributed by atoms with Gasteiger partial charge in [0.25, 0.3) is 5.91 Å². The molecule has 1 heterocycles. The second-order valence-corrected chi connectivity index (χ2v) is 7.97. The monoisotopic (exact) mass is 497 g/mol. The van der Waals surface area contributed by atoms with E-state index in [1.165, 1.54) is 28.9 Å². The number of rotatable bonds is 7. The number of carbonyl (C=O) groups excluding carboxylic acids is 1. The lowest BCUT2D eigenvalue weighted by Crippen LogP contribution is -2.12. The molecule has 3 aromatic carbocycles. The SMILES string of the molecule is O=C(Nc1cccc(Br)c1)c1cn(Cc2cccc(F)c2)nc1OCc1cccc(F)c1. The fourth-order valence-corrected chi connectivity index (χ4v) is 3.51. The third-order valence-electron chi connectivity index (χ3n) is 4.55. The van der Waals surface area contributed by atoms with E-state index in [4.69, 9.17) is 4.74 Å². The Kier molecular flexibility index (Phi) is 6.61. The number of amides is 1. The molecule has 0 aliphatic heterocycles. The van der Waals surface area contributed by atoms with Crippen molar-refractivity contribution in [1.29, 1.82) is 0 Å². The molecule has 8 heteroatoms. The van der Waals surface area contributed by atoms with Gasteiger partial charge in [0.15, 0.2) is 0 Å². The molecule has 5 nitrogen and oxygen atoms in total. The summed E-state index contributed by atoms with van der Waals surface area (Å²) in [7, 11) is 0. The van der Waals surface area contributed by atoms with Crippen molar-refractivity contribution in [3.8, 4) is 5.88 Å². The zero-order valence-corrected chi connectivity index (χ0v) is 18.4. The van der Waals surface area contributed by atoms with Crippen LogP contribution in [0.15, 0.2) is 83.5 Å². The highest BCUT2D eigenvalue weighted by Gasteiger charge is 2.19. The minimum absolute atomic E-state index is 0.0336. The first-order chi connectivity index (χ1) is 15.5. The first-order valence-electron chi connectivity index (χ1n) is 9.72. The molecule has 0 atom stereocenters. The molecular formula is C24H18BrF2N3O2. The van der Waals surface area contributed by atoms with E-state index in [2.05, 4.69) is 26.3 Å². The van der Waals surface area contributed by atoms with Gasteiger partial charge in [-0.1, -0.05) is 46.3 Å². The average Bonchev–Trinajstić information content (AvgIpc) is 3.15. The molecule has 0 saturated heterocycles. The van der Waals surface area contributed by atoms with Crippen molar-refractivity contribution in [3.63, 3.8) is 0 Å². The Labute approximate surface area is 191 Å². The van der Waals surface area contributed by atoms with Crippen LogP contribution in [-0.4, -0.2) is 15.7 Å². The first-order valence-corrected chi connectivity index (χ1v) is 10.5. The summed E-state index contributed by atoms with van der Waals surface area (Å²) in [6.07, 6.45) is 1.54. The number of aromatic nitrogens is 2. The van der Waals surface area contributed by atoms with Gasteiger partial charge in [0.1, 0.15) is 23.8 Å². The predicted molar refractivity (Wildman–Crippen MR) is 121 cm³/mol. The van der Waals surface area contributed by atoms with Crippen LogP contribution in [0.4, 0.5) is 14.5 Å². The fourth-order valence-electron chi connectivity index (χ4n) is 3.11. The largest absolute Gasteiger partial charge is 0.471 e. The quantitative estimate of drug-likeness (QED) is 0.350. The molecule has 0 saturated carbocycles. The molecule has 1 amide bonds. The van der Waals surface area contributed by atoms with Gasteiger partial charge in [-0.25, -0.2) is 8.78 Å². The normalized spacial score (nSPS) is 10.7. The van der Waals surface area contributed by atoms with E-state index in [-0.39, 0.29) is 36.2 Å². The third kappa shape index (κ3) is 5.59. The van der Waals surface area contributed by atoms with Gasteiger partial charge in [0.2, 0.25) is 5.88 Å². The van der Waals surface area contributed by atoms with E-state index < -0.39 is 5.91 Å². The van der Waals surface area contributed by atoms with Crippen LogP contribution in [0.1, 0.15) is 21.5 Å². The summed E-state index contributed by atoms with van der Waals surface area (Å²) in [4.78, 5) is 13.0. The molecule has 32 heavy (non-hydrogen) atoms. The molecule has 1 aromatic heterocycles. The van der Waals surface area contributed by atoms with Crippen molar-refractivity contribution in [3.05, 3.63) is 112 Å². The second-order valence-electron chi connectivity index (χ2n) is 7.06. The highest BCUT2D eigenvalue weighted by molar-refractivity contribution is 9.10. The van der Waals surface area contributed by atoms with Gasteiger partial charge in [-0.15, -0.1) is 5.10 Å². The Morgan fingerprint density at radius 3 is 2.38 bits per heavy atom. The molecule has 0 bridgehead atoms. The van der Waals surface area contributed by atoms with Crippen LogP contribution in [0.25, 0.3) is 0 Å². The van der Waals surface area contributed by atoms with Gasteiger partial charge in [0.05, 0.1) is 6.54 Å². The Bertz CT molecular complexity index is 1260. The molecule has 4 aromatic rings. The van der Waals surface area contributed by atoms with Crippen LogP contribution < -0.4 is 10.1 Å². The van der Waals surface area contributed by atoms with Gasteiger partial charge < -0.3 is 10.1 Å². The first kappa shape index (κ1) is 21.7. The minimum atomic E-state index is -0.414. The number of nitrogens with one attached hydrogen (secondary N) is 1. The molecular weight excluding hydrogens is 480 g/mol. The molecule has 4 rings (SSSR count). The lowest BCUT2D eigenvalue weighted by atomic mass is 10.2. The van der Waals surface area contributed by atoms with E-state index in [1.54, 1.807) is 48.7 Å². The molecule has 1 N–H and O–H groups in total. The van der Waals surface area contributed by atoms with Crippen LogP contribution in [0.5, 0.6) is 5.88 Å². The summed E-state index contributed by atoms with van der Waals surface area (Å²) in [5, 5.41) is 7.17. The number of hydrogen-bond donors (Lipinski definition) is 1. The van der Waals surface area contributed by atoms with Crippen molar-refractivity contribution < 1.29 is 18.3 Å². The molecule has 162 valence electrons. The molecule has 0 unspecified atom stereocenters. The van der Waals surface area contributed by atoms with E-state index in [0.717, 1.165) is 4.47 Å². The number of halogens is 3. The maximum atomic E-state index is 13.5. The van der Waals surface area contributed by atoms with Crippen molar-refractivity contribution in [2.24, 2.45) is 0 Å². The van der Waals surface area contributed by atoms with Gasteiger partial charge in [-0.2, -0.15) is 0 Å². The maximum absolute atomic E-state index is 13.5. The number of carbonyl (C=O) groups is 1. The second kappa shape index (κ2) is 9.74. The number of nitrogens with zero attached hydrogens (tertiary/aromatic N) is 2. The molecule has 0 radical (unpaired) electrons. The Morgan fingerprint density at radius 1 is 0.969 bits per heavy atom. The van der Waals surface area contributed by atoms with Crippen molar-refractivity contribution in [2.45, 2.75) is 13.2 Å². The van der Waals surface area contributed by atoms with Crippen LogP contribution in [0.3, 0.4) is 0 Å². The van der Waals surface area contributed by atoms with Gasteiger partial charge in [0, 0.05) is 16.4 Å². The average molecular weight is 498 g/mol. The van der Waals surface area contributed by atoms with Crippen LogP contribution in [0, 0.1) is 11.6 Å². The summed E-state index contributed by atoms with van der Waals surface area (Å²) in [5.74, 6) is -1.05. The van der Waals surface area contributed by atoms with Crippen molar-refractivity contribution in [1.82, 2.24) is 9.78 Å². The standard InChI is InChI=1S/C24H18BrF2N3O2/c25-18-6-3-9-21(12-18)28-23(31)22-14-30(13-16-4-1-7-19(26)10-16)29-24(22)32-15-17-5-2-8-20(27)11-17/h1-12,14H,13,15H2,(H,28,31). The Morgan fingerprint density at radius 2 is 1.66 bits per heavy atom. The Balaban J connectivity index is 1.59. The zero-order valence-electron chi connectivity index (χ0n) is 16.8. The molecule has 0 aliphatic carbocycles. The number of hydrogen-bond acceptors (Lipinski definition) is 3. The summed E-state index contributed by atoms with van der Waals surface area (Å²) >= 11 is 3.37. The minimum Gasteiger partial charge on any atom is -0.471 e. The number of anilines is 1. The van der Waals surface area contributed by atoms with Crippen molar-refractivity contribution >= 4 is 27.5 Å². The molecule has 0 aliphatic rings. The van der Waals surface area contributed by atoms with E-state index in [0.29, 0.717) is 16.8 Å². The van der Waals surface area contributed by atoms with E-state index in [9.17, 15) is 13.6 Å². The fraction of sp³-hybridized carbons (Fsp3) is 0.0833. The number of benzene rings is 3. The summed E-state index contributed by atoms with van der Waals surface area (Å²) < 4.78 is 35.1. The van der Waals surface area contributed by atoms with Crippen molar-refractivity contribution in [2.75, 3.05) is 5.32 Å². The lowest BCUT2D eigenvalue weighted by Gasteiger charge is -2.07. The van der Waals surface area contributed by atoms with E-state index >= 15 is 0 Å². The van der Waals surface area contributed by atoms with Crippen LogP contribution in [-0.2, 0) is 13.2 Å². The summed E-state index contributed by atoms with van der Waals surface area (Å²) in [6.45, 7) is 0.282. The topological polar surface area (TPSA) is 56.2 Å². The van der Waals surface area contributed by atoms with E-state index in [1.807, 2.05) is 6.07 Å². The summed E-state index contributed by atoms with van der Waals surface area (Å²) in [5.41, 5.74) is 2.09. The van der Waals surface area contributed by atoms with Gasteiger partial charge >= 0.3 is 0 Å². The van der Waals surface area contributed by atoms with Crippen LogP contribution in [0.2, 0.25) is 0 Å². The zero-order chi connectivity index (χ0) is 22.5. The molecule has 0 spiro atoms. The smallest absolute Gasteiger partial charge is 0.262 e. The van der Waals surface area contributed by atoms with Crippen LogP contribution >= 0.6 is 15.9 Å². The summed E-state index contributed by atoms with van der Waals surface area (Å²) in [6, 6.07) is 19.3. The highest BCUT2D eigenvalue weighted by atomic mass is 79.9. The molecule has 0 fully saturated rings. The number of ether oxygens (including phenoxy) is 1. The van der Waals surface area contributed by atoms with Gasteiger partial charge in [-0.05, 0) is 53.6 Å². The predicted octanol–water partition coefficient (Wildman–Crippen LogP) is 5.80. The van der Waals surface area contributed by atoms with Gasteiger partial charge in [-0.3, -0.25) is 9.48 Å². The third-order valence-corrected chi connectivity index (χ3v) is 5.05. The maximum Gasteiger partial charge on any atom is 0.262 e.